The first-order valence-electron chi connectivity index (χ1n) is 6.33. The van der Waals surface area contributed by atoms with Gasteiger partial charge in [0.1, 0.15) is 5.52 Å². The van der Waals surface area contributed by atoms with Crippen LogP contribution in [0.5, 0.6) is 5.75 Å². The molecule has 0 amide bonds. The van der Waals surface area contributed by atoms with Gasteiger partial charge in [-0.1, -0.05) is 6.92 Å². The molecule has 7 nitrogen and oxygen atoms in total. The number of nitrogens with zero attached hydrogens (tertiary/aromatic N) is 2. The molecule has 7 heteroatoms. The normalized spacial score (nSPS) is 10.6. The van der Waals surface area contributed by atoms with Crippen LogP contribution in [-0.2, 0) is 11.2 Å². The topological polar surface area (TPSA) is 98.5 Å². The Bertz CT molecular complexity index is 760. The van der Waals surface area contributed by atoms with Crippen molar-refractivity contribution in [2.75, 3.05) is 0 Å². The van der Waals surface area contributed by atoms with Crippen molar-refractivity contribution in [3.05, 3.63) is 23.4 Å². The molecule has 0 aliphatic rings. The van der Waals surface area contributed by atoms with Crippen LogP contribution in [0, 0.1) is 0 Å². The van der Waals surface area contributed by atoms with Crippen LogP contribution in [0.25, 0.3) is 10.9 Å². The quantitative estimate of drug-likeness (QED) is 0.684. The Morgan fingerprint density at radius 2 is 1.95 bits per heavy atom. The molecule has 0 radical (unpaired) electrons. The summed E-state index contributed by atoms with van der Waals surface area (Å²) in [5.74, 6) is -2.09. The Kier molecular flexibility index (Phi) is 3.75. The summed E-state index contributed by atoms with van der Waals surface area (Å²) >= 11 is 0. The molecule has 21 heavy (non-hydrogen) atoms. The summed E-state index contributed by atoms with van der Waals surface area (Å²) in [5.41, 5.74) is 0.841. The second-order valence-corrected chi connectivity index (χ2v) is 4.50. The molecule has 0 spiro atoms. The van der Waals surface area contributed by atoms with Gasteiger partial charge in [0.25, 0.3) is 0 Å². The van der Waals surface area contributed by atoms with Gasteiger partial charge in [-0.25, -0.2) is 4.79 Å². The number of carboxylic acid groups (broad SMARTS) is 1. The van der Waals surface area contributed by atoms with E-state index in [-0.39, 0.29) is 17.2 Å². The number of aryl methyl sites for hydroxylation is 1. The molecule has 0 aliphatic carbocycles. The zero-order chi connectivity index (χ0) is 15.7. The smallest absolute Gasteiger partial charge is 0.335 e. The van der Waals surface area contributed by atoms with Crippen LogP contribution in [0.2, 0.25) is 0 Å². The van der Waals surface area contributed by atoms with Gasteiger partial charge in [0, 0.05) is 19.2 Å². The lowest BCUT2D eigenvalue weighted by molar-refractivity contribution is -0.131. The molecule has 0 saturated heterocycles. The average Bonchev–Trinajstić information content (AvgIpc) is 2.76. The second-order valence-electron chi connectivity index (χ2n) is 4.50. The summed E-state index contributed by atoms with van der Waals surface area (Å²) in [5, 5.41) is 13.8. The highest BCUT2D eigenvalue weighted by Crippen LogP contribution is 2.31. The lowest BCUT2D eigenvalue weighted by atomic mass is 10.1. The van der Waals surface area contributed by atoms with E-state index in [1.165, 1.54) is 26.0 Å². The summed E-state index contributed by atoms with van der Waals surface area (Å²) in [6.07, 6.45) is 0.513. The summed E-state index contributed by atoms with van der Waals surface area (Å²) in [6, 6.07) is 2.64. The number of hydrogen-bond acceptors (Lipinski definition) is 5. The Morgan fingerprint density at radius 1 is 1.29 bits per heavy atom. The molecule has 1 N–H and O–H groups in total. The molecular weight excluding hydrogens is 276 g/mol. The molecule has 1 heterocycles. The lowest BCUT2D eigenvalue weighted by Crippen LogP contribution is -2.10. The monoisotopic (exact) mass is 290 g/mol. The van der Waals surface area contributed by atoms with E-state index in [4.69, 9.17) is 9.84 Å². The Balaban J connectivity index is 2.88. The first kappa shape index (κ1) is 14.7. The van der Waals surface area contributed by atoms with Crippen molar-refractivity contribution in [2.45, 2.75) is 27.2 Å². The van der Waals surface area contributed by atoms with Crippen LogP contribution in [0.4, 0.5) is 0 Å². The van der Waals surface area contributed by atoms with E-state index in [0.29, 0.717) is 23.0 Å². The fourth-order valence-electron chi connectivity index (χ4n) is 2.12. The molecule has 2 rings (SSSR count). The van der Waals surface area contributed by atoms with Gasteiger partial charge in [0.15, 0.2) is 5.75 Å². The molecule has 110 valence electrons. The van der Waals surface area contributed by atoms with Gasteiger partial charge in [-0.3, -0.25) is 9.59 Å². The number of carbonyl (C=O) groups is 3. The van der Waals surface area contributed by atoms with Gasteiger partial charge in [0.05, 0.1) is 11.3 Å². The van der Waals surface area contributed by atoms with Crippen LogP contribution < -0.4 is 4.74 Å². The zero-order valence-corrected chi connectivity index (χ0v) is 11.8. The van der Waals surface area contributed by atoms with Crippen LogP contribution >= 0.6 is 0 Å². The van der Waals surface area contributed by atoms with Crippen molar-refractivity contribution in [3.8, 4) is 5.75 Å². The number of benzene rings is 1. The number of ether oxygens (including phenoxy) is 1. The van der Waals surface area contributed by atoms with Crippen LogP contribution in [0.1, 0.15) is 41.6 Å². The molecule has 1 aromatic carbocycles. The highest BCUT2D eigenvalue weighted by atomic mass is 16.5. The fraction of sp³-hybridized carbons (Fsp3) is 0.286. The van der Waals surface area contributed by atoms with Crippen LogP contribution in [0.3, 0.4) is 0 Å². The third-order valence-electron chi connectivity index (χ3n) is 2.95. The van der Waals surface area contributed by atoms with Crippen molar-refractivity contribution >= 4 is 28.7 Å². The summed E-state index contributed by atoms with van der Waals surface area (Å²) < 4.78 is 6.17. The van der Waals surface area contributed by atoms with Crippen molar-refractivity contribution < 1.29 is 24.2 Å². The highest BCUT2D eigenvalue weighted by molar-refractivity contribution is 6.01. The Hall–Kier alpha value is -2.70. The Labute approximate surface area is 120 Å². The van der Waals surface area contributed by atoms with Crippen molar-refractivity contribution in [2.24, 2.45) is 0 Å². The third kappa shape index (κ3) is 2.62. The van der Waals surface area contributed by atoms with E-state index < -0.39 is 11.9 Å². The third-order valence-corrected chi connectivity index (χ3v) is 2.95. The molecular formula is C14H14N2O5. The summed E-state index contributed by atoms with van der Waals surface area (Å²) in [7, 11) is 0. The molecule has 0 unspecified atom stereocenters. The van der Waals surface area contributed by atoms with Crippen molar-refractivity contribution in [1.82, 2.24) is 9.78 Å². The van der Waals surface area contributed by atoms with Crippen LogP contribution in [-0.4, -0.2) is 32.7 Å². The number of hydrogen-bond donors (Lipinski definition) is 1. The second kappa shape index (κ2) is 5.35. The molecule has 0 bridgehead atoms. The minimum Gasteiger partial charge on any atom is -0.478 e. The molecule has 2 aromatic rings. The minimum absolute atomic E-state index is 0.0137. The first-order chi connectivity index (χ1) is 9.85. The first-order valence-corrected chi connectivity index (χ1v) is 6.33. The van der Waals surface area contributed by atoms with Crippen LogP contribution in [0.15, 0.2) is 12.1 Å². The molecule has 0 saturated carbocycles. The number of carboxylic acids is 1. The summed E-state index contributed by atoms with van der Waals surface area (Å²) in [4.78, 5) is 34.1. The highest BCUT2D eigenvalue weighted by Gasteiger charge is 2.20. The van der Waals surface area contributed by atoms with Crippen molar-refractivity contribution in [3.63, 3.8) is 0 Å². The average molecular weight is 290 g/mol. The van der Waals surface area contributed by atoms with E-state index in [9.17, 15) is 14.4 Å². The number of carbonyl (C=O) groups excluding carboxylic acids is 2. The van der Waals surface area contributed by atoms with E-state index in [1.807, 2.05) is 6.92 Å². The maximum absolute atomic E-state index is 11.7. The number of aromatic nitrogens is 2. The SMILES string of the molecule is CCc1nn(C(C)=O)c2c(OC(C)=O)cc(C(=O)O)cc12. The van der Waals surface area contributed by atoms with Gasteiger partial charge in [-0.05, 0) is 18.6 Å². The van der Waals surface area contributed by atoms with E-state index in [0.717, 1.165) is 4.68 Å². The van der Waals surface area contributed by atoms with Gasteiger partial charge < -0.3 is 9.84 Å². The number of aromatic carboxylic acids is 1. The molecule has 1 aromatic heterocycles. The van der Waals surface area contributed by atoms with E-state index in [1.54, 1.807) is 0 Å². The van der Waals surface area contributed by atoms with Gasteiger partial charge >= 0.3 is 11.9 Å². The van der Waals surface area contributed by atoms with E-state index in [2.05, 4.69) is 5.10 Å². The molecule has 0 atom stereocenters. The maximum atomic E-state index is 11.7. The van der Waals surface area contributed by atoms with E-state index >= 15 is 0 Å². The van der Waals surface area contributed by atoms with Crippen molar-refractivity contribution in [1.29, 1.82) is 0 Å². The molecule has 0 aliphatic heterocycles. The fourth-order valence-corrected chi connectivity index (χ4v) is 2.12. The van der Waals surface area contributed by atoms with Gasteiger partial charge in [-0.15, -0.1) is 0 Å². The predicted octanol–water partition coefficient (Wildman–Crippen LogP) is 1.88. The number of fused-ring (bicyclic) bond motifs is 1. The van der Waals surface area contributed by atoms with Gasteiger partial charge in [-0.2, -0.15) is 9.78 Å². The predicted molar refractivity (Wildman–Crippen MR) is 73.7 cm³/mol. The Morgan fingerprint density at radius 3 is 2.43 bits per heavy atom. The maximum Gasteiger partial charge on any atom is 0.335 e. The lowest BCUT2D eigenvalue weighted by Gasteiger charge is -2.07. The number of rotatable bonds is 3. The zero-order valence-electron chi connectivity index (χ0n) is 11.8. The number of esters is 1. The summed E-state index contributed by atoms with van der Waals surface area (Å²) in [6.45, 7) is 4.37. The minimum atomic E-state index is -1.15. The molecule has 0 fully saturated rings. The largest absolute Gasteiger partial charge is 0.478 e. The standard InChI is InChI=1S/C14H14N2O5/c1-4-11-10-5-9(14(19)20)6-12(21-8(3)18)13(10)16(15-11)7(2)17/h5-6H,4H2,1-3H3,(H,19,20). The van der Waals surface area contributed by atoms with Gasteiger partial charge in [0.2, 0.25) is 5.91 Å².